The minimum atomic E-state index is -1.79. The fourth-order valence-corrected chi connectivity index (χ4v) is 12.6. The van der Waals surface area contributed by atoms with Crippen LogP contribution in [0.2, 0.25) is 0 Å². The van der Waals surface area contributed by atoms with Gasteiger partial charge in [0.1, 0.15) is 48.8 Å². The summed E-state index contributed by atoms with van der Waals surface area (Å²) in [4.78, 5) is 13.4. The number of carbonyl (C=O) groups excluding carboxylic acids is 1. The molecule has 0 saturated carbocycles. The van der Waals surface area contributed by atoms with Gasteiger partial charge in [-0.25, -0.2) is 0 Å². The molecule has 0 spiro atoms. The summed E-state index contributed by atoms with van der Waals surface area (Å²) >= 11 is 0. The van der Waals surface area contributed by atoms with Crippen LogP contribution in [-0.2, 0) is 23.7 Å². The lowest BCUT2D eigenvalue weighted by Gasteiger charge is -2.46. The monoisotopic (exact) mass is 1300 g/mol. The van der Waals surface area contributed by atoms with E-state index in [2.05, 4.69) is 67.8 Å². The van der Waals surface area contributed by atoms with E-state index in [0.717, 1.165) is 44.9 Å². The number of rotatable bonds is 64. The SMILES string of the molecule is CCCCCCC/C=C\C/C=C\C/C=C\CCCCCCCCCCCCCCC(=O)NC(COC1OC(CO)C(OC2OC(CO)C(O)C(O)C2O)C(O)C1O)C(O)/C=C/CC/C=C/CCCCCCCCCCCCCCCCCCCCCCCCCCC. The van der Waals surface area contributed by atoms with Crippen LogP contribution in [0.3, 0.4) is 0 Å². The van der Waals surface area contributed by atoms with Gasteiger partial charge in [-0.15, -0.1) is 0 Å². The van der Waals surface area contributed by atoms with Crippen molar-refractivity contribution < 1.29 is 64.6 Å². The van der Waals surface area contributed by atoms with Crippen LogP contribution < -0.4 is 5.32 Å². The summed E-state index contributed by atoms with van der Waals surface area (Å²) in [7, 11) is 0. The van der Waals surface area contributed by atoms with Crippen LogP contribution in [0.25, 0.3) is 0 Å². The molecule has 12 atom stereocenters. The Labute approximate surface area is 562 Å². The Bertz CT molecular complexity index is 1780. The van der Waals surface area contributed by atoms with E-state index in [4.69, 9.17) is 18.9 Å². The highest BCUT2D eigenvalue weighted by atomic mass is 16.7. The van der Waals surface area contributed by atoms with Crippen LogP contribution in [0.5, 0.6) is 0 Å². The zero-order chi connectivity index (χ0) is 66.6. The lowest BCUT2D eigenvalue weighted by molar-refractivity contribution is -0.359. The van der Waals surface area contributed by atoms with Gasteiger partial charge in [-0.1, -0.05) is 319 Å². The Morgan fingerprint density at radius 1 is 0.391 bits per heavy atom. The van der Waals surface area contributed by atoms with E-state index in [1.807, 2.05) is 6.08 Å². The van der Waals surface area contributed by atoms with Crippen molar-refractivity contribution in [3.8, 4) is 0 Å². The van der Waals surface area contributed by atoms with E-state index in [9.17, 15) is 45.6 Å². The van der Waals surface area contributed by atoms with E-state index in [1.165, 1.54) is 257 Å². The first-order valence-electron chi connectivity index (χ1n) is 38.5. The molecule has 0 aromatic rings. The number of amides is 1. The van der Waals surface area contributed by atoms with Crippen molar-refractivity contribution in [1.82, 2.24) is 5.32 Å². The van der Waals surface area contributed by atoms with Crippen LogP contribution in [0, 0.1) is 0 Å². The summed E-state index contributed by atoms with van der Waals surface area (Å²) < 4.78 is 22.9. The predicted molar refractivity (Wildman–Crippen MR) is 378 cm³/mol. The Kier molecular flexibility index (Phi) is 58.0. The molecule has 14 heteroatoms. The van der Waals surface area contributed by atoms with E-state index in [1.54, 1.807) is 6.08 Å². The zero-order valence-electron chi connectivity index (χ0n) is 58.8. The number of carbonyl (C=O) groups is 1. The highest BCUT2D eigenvalue weighted by molar-refractivity contribution is 5.76. The molecular formula is C78H143NO13. The third-order valence-corrected chi connectivity index (χ3v) is 18.7. The molecule has 2 aliphatic heterocycles. The van der Waals surface area contributed by atoms with Crippen LogP contribution in [0.4, 0.5) is 0 Å². The Morgan fingerprint density at radius 2 is 0.728 bits per heavy atom. The molecule has 0 aliphatic carbocycles. The fourth-order valence-electron chi connectivity index (χ4n) is 12.6. The van der Waals surface area contributed by atoms with Crippen molar-refractivity contribution in [2.75, 3.05) is 19.8 Å². The first-order chi connectivity index (χ1) is 45.1. The Morgan fingerprint density at radius 3 is 1.14 bits per heavy atom. The summed E-state index contributed by atoms with van der Waals surface area (Å²) in [5, 5.41) is 87.6. The summed E-state index contributed by atoms with van der Waals surface area (Å²) in [6, 6.07) is -0.937. The maximum atomic E-state index is 13.4. The first kappa shape index (κ1) is 85.8. The minimum Gasteiger partial charge on any atom is -0.394 e. The maximum absolute atomic E-state index is 13.4. The average molecular weight is 1300 g/mol. The van der Waals surface area contributed by atoms with E-state index in [0.29, 0.717) is 12.8 Å². The molecule has 2 saturated heterocycles. The van der Waals surface area contributed by atoms with Gasteiger partial charge in [-0.05, 0) is 70.6 Å². The molecule has 538 valence electrons. The van der Waals surface area contributed by atoms with Crippen LogP contribution in [0.1, 0.15) is 335 Å². The van der Waals surface area contributed by atoms with Gasteiger partial charge in [-0.2, -0.15) is 0 Å². The number of hydrogen-bond acceptors (Lipinski definition) is 13. The fraction of sp³-hybridized carbons (Fsp3) is 0.859. The van der Waals surface area contributed by atoms with Crippen molar-refractivity contribution in [2.24, 2.45) is 0 Å². The smallest absolute Gasteiger partial charge is 0.220 e. The summed E-state index contributed by atoms with van der Waals surface area (Å²) in [5.41, 5.74) is 0. The highest BCUT2D eigenvalue weighted by Gasteiger charge is 2.51. The van der Waals surface area contributed by atoms with Gasteiger partial charge in [0, 0.05) is 6.42 Å². The molecular weight excluding hydrogens is 1160 g/mol. The van der Waals surface area contributed by atoms with Crippen molar-refractivity contribution in [3.63, 3.8) is 0 Å². The molecule has 2 rings (SSSR count). The number of aliphatic hydroxyl groups is 8. The second-order valence-electron chi connectivity index (χ2n) is 27.1. The van der Waals surface area contributed by atoms with Gasteiger partial charge in [0.25, 0.3) is 0 Å². The molecule has 14 nitrogen and oxygen atoms in total. The van der Waals surface area contributed by atoms with Crippen LogP contribution in [-0.4, -0.2) is 140 Å². The van der Waals surface area contributed by atoms with E-state index in [-0.39, 0.29) is 18.9 Å². The summed E-state index contributed by atoms with van der Waals surface area (Å²) in [6.45, 7) is 2.82. The molecule has 92 heavy (non-hydrogen) atoms. The Hall–Kier alpha value is -2.31. The molecule has 9 N–H and O–H groups in total. The molecule has 12 unspecified atom stereocenters. The van der Waals surface area contributed by atoms with Gasteiger partial charge < -0.3 is 65.1 Å². The first-order valence-corrected chi connectivity index (χ1v) is 38.5. The number of aliphatic hydroxyl groups excluding tert-OH is 8. The second kappa shape index (κ2) is 62.2. The third-order valence-electron chi connectivity index (χ3n) is 18.7. The number of nitrogens with one attached hydrogen (secondary N) is 1. The summed E-state index contributed by atoms with van der Waals surface area (Å²) in [5.74, 6) is -0.248. The largest absolute Gasteiger partial charge is 0.394 e. The van der Waals surface area contributed by atoms with Gasteiger partial charge in [-0.3, -0.25) is 4.79 Å². The van der Waals surface area contributed by atoms with Crippen LogP contribution in [0.15, 0.2) is 60.8 Å². The quantitative estimate of drug-likeness (QED) is 0.0204. The van der Waals surface area contributed by atoms with Gasteiger partial charge in [0.2, 0.25) is 5.91 Å². The minimum absolute atomic E-state index is 0.248. The van der Waals surface area contributed by atoms with Crippen LogP contribution >= 0.6 is 0 Å². The molecule has 2 heterocycles. The lowest BCUT2D eigenvalue weighted by Crippen LogP contribution is -2.65. The molecule has 1 amide bonds. The number of ether oxygens (including phenoxy) is 4. The second-order valence-corrected chi connectivity index (χ2v) is 27.1. The standard InChI is InChI=1S/C78H143NO13/c1-3-5-7-9-11-13-15-17-19-21-23-25-27-29-31-32-33-34-36-37-39-41-43-45-47-49-51-53-55-57-59-61-67(82)66(65-89-77-75(88)73(86)76(69(64-81)91-77)92-78-74(87)72(85)71(84)68(63-80)90-78)79-70(83)62-60-58-56-54-52-50-48-46-44-42-40-38-35-30-28-26-24-22-20-18-16-14-12-10-8-6-4-2/h16,18,22,24,28,30,51,53,59,61,66-69,71-78,80-82,84-88H,3-15,17,19-21,23,25-27,29,31-50,52,54-58,60,62-65H2,1-2H3,(H,79,83)/b18-16-,24-22-,30-28-,53-51+,61-59+. The average Bonchev–Trinajstić information content (AvgIpc) is 0.882. The van der Waals surface area contributed by atoms with Crippen molar-refractivity contribution >= 4 is 5.91 Å². The predicted octanol–water partition coefficient (Wildman–Crippen LogP) is 16.8. The van der Waals surface area contributed by atoms with E-state index < -0.39 is 86.8 Å². The van der Waals surface area contributed by atoms with Crippen molar-refractivity contribution in [2.45, 2.75) is 408 Å². The number of allylic oxidation sites excluding steroid dienone is 9. The normalized spacial score (nSPS) is 23.0. The third kappa shape index (κ3) is 45.2. The zero-order valence-corrected chi connectivity index (χ0v) is 58.8. The molecule has 0 radical (unpaired) electrons. The molecule has 2 aliphatic rings. The van der Waals surface area contributed by atoms with Gasteiger partial charge in [0.15, 0.2) is 12.6 Å². The number of unbranched alkanes of at least 4 members (excludes halogenated alkanes) is 43. The van der Waals surface area contributed by atoms with Crippen molar-refractivity contribution in [1.29, 1.82) is 0 Å². The molecule has 0 bridgehead atoms. The van der Waals surface area contributed by atoms with E-state index >= 15 is 0 Å². The number of hydrogen-bond donors (Lipinski definition) is 9. The lowest BCUT2D eigenvalue weighted by atomic mass is 9.97. The molecule has 0 aromatic heterocycles. The topological polar surface area (TPSA) is 228 Å². The summed E-state index contributed by atoms with van der Waals surface area (Å²) in [6.07, 6.45) is 67.2. The molecule has 0 aromatic carbocycles. The Balaban J connectivity index is 1.66. The maximum Gasteiger partial charge on any atom is 0.220 e. The van der Waals surface area contributed by atoms with Gasteiger partial charge in [0.05, 0.1) is 32.0 Å². The van der Waals surface area contributed by atoms with Gasteiger partial charge >= 0.3 is 0 Å². The van der Waals surface area contributed by atoms with Crippen molar-refractivity contribution in [3.05, 3.63) is 60.8 Å². The highest BCUT2D eigenvalue weighted by Crippen LogP contribution is 2.30. The molecule has 2 fully saturated rings.